The van der Waals surface area contributed by atoms with Crippen molar-refractivity contribution in [3.8, 4) is 5.75 Å². The molecule has 47 heavy (non-hydrogen) atoms. The minimum Gasteiger partial charge on any atom is -0.597 e. The number of hydrogen-bond donors (Lipinski definition) is 3. The molecule has 0 spiro atoms. The van der Waals surface area contributed by atoms with Gasteiger partial charge in [0.25, 0.3) is 5.56 Å². The number of fused-ring (bicyclic) bond motifs is 1. The first-order valence-electron chi connectivity index (χ1n) is 15.3. The third kappa shape index (κ3) is 14.8. The summed E-state index contributed by atoms with van der Waals surface area (Å²) in [5, 5.41) is 3.04. The Morgan fingerprint density at radius 3 is 2.45 bits per heavy atom. The molecule has 0 saturated carbocycles. The molecule has 0 aliphatic carbocycles. The van der Waals surface area contributed by atoms with Crippen molar-refractivity contribution in [1.82, 2.24) is 20.7 Å². The molecular formula is C33H48F4N5O4Y-. The summed E-state index contributed by atoms with van der Waals surface area (Å²) in [6.45, 7) is 12.6. The Morgan fingerprint density at radius 1 is 1.19 bits per heavy atom. The van der Waals surface area contributed by atoms with E-state index in [1.165, 1.54) is 37.0 Å². The van der Waals surface area contributed by atoms with E-state index in [-0.39, 0.29) is 74.3 Å². The number of nitrogens with zero attached hydrogens (tertiary/aromatic N) is 2. The van der Waals surface area contributed by atoms with Crippen molar-refractivity contribution >= 4 is 23.1 Å². The summed E-state index contributed by atoms with van der Waals surface area (Å²) in [5.74, 6) is -8.41. The van der Waals surface area contributed by atoms with E-state index in [9.17, 15) is 31.9 Å². The van der Waals surface area contributed by atoms with Crippen LogP contribution in [0.5, 0.6) is 5.75 Å². The number of hydrogen-bond acceptors (Lipinski definition) is 7. The fourth-order valence-corrected chi connectivity index (χ4v) is 4.31. The zero-order valence-electron chi connectivity index (χ0n) is 28.2. The topological polar surface area (TPSA) is 127 Å². The zero-order chi connectivity index (χ0) is 34.9. The number of benzene rings is 1. The number of halogens is 4. The Labute approximate surface area is 300 Å². The molecule has 1 unspecified atom stereocenters. The average molecular weight is 744 g/mol. The van der Waals surface area contributed by atoms with Crippen LogP contribution in [0, 0.1) is 11.8 Å². The number of likely N-dealkylation sites (N-methyl/N-ethyl adjacent to an activating group) is 1. The maximum atomic E-state index is 14.8. The number of Topliss-reactive ketones (excluding diaryl/α,β-unsaturated/α-hetero) is 1. The Hall–Kier alpha value is -2.32. The predicted molar refractivity (Wildman–Crippen MR) is 174 cm³/mol. The van der Waals surface area contributed by atoms with Gasteiger partial charge >= 0.3 is 11.8 Å². The van der Waals surface area contributed by atoms with Crippen LogP contribution < -0.4 is 21.0 Å². The summed E-state index contributed by atoms with van der Waals surface area (Å²) in [5.41, 5.74) is 5.62. The van der Waals surface area contributed by atoms with E-state index in [0.29, 0.717) is 25.0 Å². The van der Waals surface area contributed by atoms with Crippen LogP contribution in [0.25, 0.3) is 16.5 Å². The maximum Gasteiger partial charge on any atom is 0.357 e. The second-order valence-corrected chi connectivity index (χ2v) is 11.2. The van der Waals surface area contributed by atoms with Crippen LogP contribution in [0.15, 0.2) is 46.8 Å². The van der Waals surface area contributed by atoms with Gasteiger partial charge in [-0.25, -0.2) is 4.98 Å². The van der Waals surface area contributed by atoms with Gasteiger partial charge in [0.15, 0.2) is 5.69 Å². The quantitative estimate of drug-likeness (QED) is 0.0456. The van der Waals surface area contributed by atoms with Crippen molar-refractivity contribution in [2.45, 2.75) is 78.1 Å². The zero-order valence-corrected chi connectivity index (χ0v) is 31.1. The number of methoxy groups -OCH3 is 1. The molecule has 1 heterocycles. The molecule has 1 aromatic heterocycles. The van der Waals surface area contributed by atoms with Gasteiger partial charge in [-0.15, -0.1) is 6.54 Å². The van der Waals surface area contributed by atoms with Crippen molar-refractivity contribution < 1.29 is 64.6 Å². The van der Waals surface area contributed by atoms with Crippen LogP contribution in [-0.4, -0.2) is 61.8 Å². The van der Waals surface area contributed by atoms with Crippen molar-refractivity contribution in [1.29, 1.82) is 0 Å². The Balaban J connectivity index is 0.00000138. The molecule has 3 N–H and O–H groups in total. The summed E-state index contributed by atoms with van der Waals surface area (Å²) in [4.78, 5) is 39.1. The molecule has 2 rings (SSSR count). The Bertz CT molecular complexity index is 1370. The van der Waals surface area contributed by atoms with Crippen LogP contribution in [0.2, 0.25) is 0 Å². The van der Waals surface area contributed by atoms with Crippen molar-refractivity contribution in [3.05, 3.63) is 63.5 Å². The smallest absolute Gasteiger partial charge is 0.357 e. The van der Waals surface area contributed by atoms with Gasteiger partial charge in [0.05, 0.1) is 18.1 Å². The number of aromatic amines is 1. The number of carbonyl (C=O) groups is 2. The largest absolute Gasteiger partial charge is 0.597 e. The molecule has 9 nitrogen and oxygen atoms in total. The fraction of sp³-hybridized carbons (Fsp3) is 0.576. The van der Waals surface area contributed by atoms with E-state index in [4.69, 9.17) is 4.74 Å². The van der Waals surface area contributed by atoms with Gasteiger partial charge in [-0.2, -0.15) is 17.6 Å². The monoisotopic (exact) mass is 743 g/mol. The molecule has 1 aromatic carbocycles. The molecule has 0 fully saturated rings. The average Bonchev–Trinajstić information content (AvgIpc) is 3.01. The second kappa shape index (κ2) is 22.3. The molecule has 0 bridgehead atoms. The number of alkyl halides is 4. The summed E-state index contributed by atoms with van der Waals surface area (Å²) < 4.78 is 63.9. The van der Waals surface area contributed by atoms with Crippen LogP contribution >= 0.6 is 0 Å². The minimum absolute atomic E-state index is 0. The number of ether oxygens (including phenoxy) is 1. The standard InChI is InChI=1S/C23H30F4N4O3.C10H19NO.Y/c1-4-15(2)16(9-11-28-29-12-13-32)6-5-10-22(24,25)23(26,27)20-21(33)31-19-14-17(34-3)7-8-18(19)30-20;1-8(7-11-4)5-6-9(2)10(3)12;/h6-8,13-15H,4-5,9-12H2,1-3H3,(H3,28,29,30,31,33);9,11H,1,5-7H2,2-4H3;/p-1/b16-6+;;/t;9-;/m.0./s1. The number of rotatable bonds is 20. The third-order valence-electron chi connectivity index (χ3n) is 7.62. The first-order valence-corrected chi connectivity index (χ1v) is 15.3. The molecule has 2 atom stereocenters. The maximum absolute atomic E-state index is 14.8. The van der Waals surface area contributed by atoms with Crippen LogP contribution in [0.3, 0.4) is 0 Å². The van der Waals surface area contributed by atoms with Crippen LogP contribution in [0.4, 0.5) is 17.6 Å². The molecule has 1 radical (unpaired) electrons. The minimum atomic E-state index is -4.77. The molecule has 0 saturated heterocycles. The normalized spacial score (nSPS) is 13.2. The number of nitrogens with one attached hydrogen (secondary N) is 3. The molecule has 0 amide bonds. The number of carbonyl (C=O) groups excluding carboxylic acids is 2. The van der Waals surface area contributed by atoms with Crippen LogP contribution in [-0.2, 0) is 48.2 Å². The van der Waals surface area contributed by atoms with E-state index in [1.54, 1.807) is 6.92 Å². The third-order valence-corrected chi connectivity index (χ3v) is 7.62. The first-order chi connectivity index (χ1) is 21.6. The van der Waals surface area contributed by atoms with Crippen molar-refractivity contribution in [3.63, 3.8) is 0 Å². The fourth-order valence-electron chi connectivity index (χ4n) is 4.31. The molecule has 261 valence electrons. The second-order valence-electron chi connectivity index (χ2n) is 11.2. The van der Waals surface area contributed by atoms with Gasteiger partial charge in [0.2, 0.25) is 0 Å². The van der Waals surface area contributed by atoms with E-state index < -0.39 is 29.5 Å². The summed E-state index contributed by atoms with van der Waals surface area (Å²) in [7, 11) is 3.29. The van der Waals surface area contributed by atoms with Gasteiger partial charge in [-0.1, -0.05) is 44.6 Å². The van der Waals surface area contributed by atoms with E-state index in [0.717, 1.165) is 31.4 Å². The predicted octanol–water partition coefficient (Wildman–Crippen LogP) is 6.64. The van der Waals surface area contributed by atoms with Crippen LogP contribution in [0.1, 0.15) is 71.9 Å². The molecule has 2 aromatic rings. The van der Waals surface area contributed by atoms with Gasteiger partial charge < -0.3 is 30.7 Å². The number of H-pyrrole nitrogens is 1. The SMILES string of the molecule is C=C(CC[C@H](C)C(C)=O)CNC.CCC(C)/C(=C/CCC(F)(F)C(F)(F)c1nc2ccc(OC)cc2[nH]c1=O)CC[N-]NCC=O.[Y]. The summed E-state index contributed by atoms with van der Waals surface area (Å²) >= 11 is 0. The molecular weight excluding hydrogens is 695 g/mol. The van der Waals surface area contributed by atoms with Gasteiger partial charge in [-0.05, 0) is 64.1 Å². The van der Waals surface area contributed by atoms with Crippen molar-refractivity contribution in [2.24, 2.45) is 11.8 Å². The first kappa shape index (κ1) is 44.7. The van der Waals surface area contributed by atoms with Crippen molar-refractivity contribution in [2.75, 3.05) is 33.8 Å². The molecule has 0 aliphatic heterocycles. The van der Waals surface area contributed by atoms with Gasteiger partial charge in [0.1, 0.15) is 17.8 Å². The molecule has 0 aliphatic rings. The van der Waals surface area contributed by atoms with Gasteiger partial charge in [-0.3, -0.25) is 9.59 Å². The summed E-state index contributed by atoms with van der Waals surface area (Å²) in [6.07, 6.45) is 3.76. The summed E-state index contributed by atoms with van der Waals surface area (Å²) in [6, 6.07) is 4.10. The number of aromatic nitrogens is 2. The number of allylic oxidation sites excluding steroid dienone is 1. The van der Waals surface area contributed by atoms with E-state index in [1.807, 2.05) is 27.8 Å². The van der Waals surface area contributed by atoms with Gasteiger partial charge in [0, 0.05) is 64.2 Å². The number of aldehydes is 1. The Morgan fingerprint density at radius 2 is 1.87 bits per heavy atom. The van der Waals surface area contributed by atoms with E-state index >= 15 is 0 Å². The van der Waals surface area contributed by atoms with E-state index in [2.05, 4.69) is 32.7 Å². The molecule has 14 heteroatoms. The number of ketones is 1. The Kier molecular flexibility index (Phi) is 21.2.